The summed E-state index contributed by atoms with van der Waals surface area (Å²) in [6.07, 6.45) is -0.583. The molecule has 12 heteroatoms. The number of carbonyl (C=O) groups is 1. The lowest BCUT2D eigenvalue weighted by atomic mass is 9.96. The predicted octanol–water partition coefficient (Wildman–Crippen LogP) is 2.97. The number of pyridine rings is 1. The number of benzene rings is 2. The van der Waals surface area contributed by atoms with Gasteiger partial charge in [0.25, 0.3) is 5.91 Å². The molecular formula is C26H31N3O7S2. The molecule has 0 unspecified atom stereocenters. The lowest BCUT2D eigenvalue weighted by Gasteiger charge is -2.39. The van der Waals surface area contributed by atoms with E-state index in [2.05, 4.69) is 4.98 Å². The number of ether oxygens (including phenoxy) is 1. The molecule has 2 heterocycles. The molecule has 1 aromatic heterocycles. The Morgan fingerprint density at radius 3 is 2.32 bits per heavy atom. The normalized spacial score (nSPS) is 16.4. The van der Waals surface area contributed by atoms with E-state index in [1.807, 2.05) is 37.3 Å². The molecule has 0 atom stereocenters. The standard InChI is InChI=1S/C26H31N3O7S2/c1-18(2)38(34,35)29-14-12-26(13-15-29,25(30)28-31)37(32,33)22-10-8-21(9-11-22)36-17-20-16-19(3)27-24-7-5-4-6-23(20)24/h4-11,16,18,31H,12-15,17H2,1-3H3,(H,28,30). The topological polar surface area (TPSA) is 143 Å². The van der Waals surface area contributed by atoms with Gasteiger partial charge in [-0.2, -0.15) is 0 Å². The van der Waals surface area contributed by atoms with E-state index in [4.69, 9.17) is 4.74 Å². The molecule has 10 nitrogen and oxygen atoms in total. The third-order valence-corrected chi connectivity index (χ3v) is 11.8. The quantitative estimate of drug-likeness (QED) is 0.316. The van der Waals surface area contributed by atoms with Gasteiger partial charge in [0.1, 0.15) is 12.4 Å². The fraction of sp³-hybridized carbons (Fsp3) is 0.385. The Bertz CT molecular complexity index is 1550. The third-order valence-electron chi connectivity index (χ3n) is 6.97. The molecule has 1 fully saturated rings. The van der Waals surface area contributed by atoms with Gasteiger partial charge in [-0.3, -0.25) is 15.0 Å². The summed E-state index contributed by atoms with van der Waals surface area (Å²) in [4.78, 5) is 17.1. The second-order valence-corrected chi connectivity index (χ2v) is 14.4. The first-order chi connectivity index (χ1) is 17.9. The van der Waals surface area contributed by atoms with Gasteiger partial charge in [0.15, 0.2) is 14.6 Å². The average Bonchev–Trinajstić information content (AvgIpc) is 2.91. The van der Waals surface area contributed by atoms with Crippen LogP contribution in [0.5, 0.6) is 5.75 Å². The van der Waals surface area contributed by atoms with E-state index in [1.165, 1.54) is 47.9 Å². The number of amides is 1. The first kappa shape index (κ1) is 28.0. The van der Waals surface area contributed by atoms with E-state index in [1.54, 1.807) is 0 Å². The number of aryl methyl sites for hydroxylation is 1. The minimum absolute atomic E-state index is 0.126. The zero-order valence-electron chi connectivity index (χ0n) is 21.4. The summed E-state index contributed by atoms with van der Waals surface area (Å²) in [6.45, 7) is 4.90. The van der Waals surface area contributed by atoms with Crippen molar-refractivity contribution in [3.05, 3.63) is 65.9 Å². The Morgan fingerprint density at radius 1 is 1.08 bits per heavy atom. The summed E-state index contributed by atoms with van der Waals surface area (Å²) in [7, 11) is -7.92. The van der Waals surface area contributed by atoms with Crippen molar-refractivity contribution in [2.45, 2.75) is 55.1 Å². The molecular weight excluding hydrogens is 530 g/mol. The maximum atomic E-state index is 13.7. The molecule has 2 aromatic carbocycles. The number of hydroxylamine groups is 1. The van der Waals surface area contributed by atoms with E-state index >= 15 is 0 Å². The summed E-state index contributed by atoms with van der Waals surface area (Å²) < 4.78 is 57.6. The number of nitrogens with zero attached hydrogens (tertiary/aromatic N) is 2. The Morgan fingerprint density at radius 2 is 1.71 bits per heavy atom. The summed E-state index contributed by atoms with van der Waals surface area (Å²) in [6, 6.07) is 15.4. The summed E-state index contributed by atoms with van der Waals surface area (Å²) in [5.41, 5.74) is 4.12. The fourth-order valence-corrected chi connectivity index (χ4v) is 7.98. The molecule has 38 heavy (non-hydrogen) atoms. The number of nitrogens with one attached hydrogen (secondary N) is 1. The van der Waals surface area contributed by atoms with Crippen LogP contribution < -0.4 is 10.2 Å². The summed E-state index contributed by atoms with van der Waals surface area (Å²) in [5.74, 6) is -0.652. The molecule has 0 bridgehead atoms. The van der Waals surface area contributed by atoms with E-state index in [0.717, 1.165) is 22.2 Å². The Kier molecular flexibility index (Phi) is 7.80. The van der Waals surface area contributed by atoms with Crippen LogP contribution in [0.25, 0.3) is 10.9 Å². The highest BCUT2D eigenvalue weighted by atomic mass is 32.2. The van der Waals surface area contributed by atoms with E-state index in [9.17, 15) is 26.8 Å². The largest absolute Gasteiger partial charge is 0.489 e. The lowest BCUT2D eigenvalue weighted by molar-refractivity contribution is -0.133. The number of aromatic nitrogens is 1. The number of sulfone groups is 1. The smallest absolute Gasteiger partial charge is 0.265 e. The van der Waals surface area contributed by atoms with Crippen LogP contribution in [0.1, 0.15) is 37.9 Å². The van der Waals surface area contributed by atoms with Crippen molar-refractivity contribution in [1.82, 2.24) is 14.8 Å². The highest BCUT2D eigenvalue weighted by molar-refractivity contribution is 7.93. The molecule has 0 radical (unpaired) electrons. The van der Waals surface area contributed by atoms with Gasteiger partial charge in [-0.25, -0.2) is 26.6 Å². The number of sulfonamides is 1. The van der Waals surface area contributed by atoms with Crippen LogP contribution in [0.4, 0.5) is 0 Å². The van der Waals surface area contributed by atoms with Crippen molar-refractivity contribution in [3.8, 4) is 5.75 Å². The number of piperidine rings is 1. The molecule has 1 saturated heterocycles. The molecule has 204 valence electrons. The van der Waals surface area contributed by atoms with Crippen LogP contribution in [0.3, 0.4) is 0 Å². The zero-order chi connectivity index (χ0) is 27.7. The lowest BCUT2D eigenvalue weighted by Crippen LogP contribution is -2.58. The number of hydrogen-bond donors (Lipinski definition) is 2. The van der Waals surface area contributed by atoms with Gasteiger partial charge >= 0.3 is 0 Å². The van der Waals surface area contributed by atoms with Crippen LogP contribution in [0.15, 0.2) is 59.5 Å². The second-order valence-electron chi connectivity index (χ2n) is 9.63. The van der Waals surface area contributed by atoms with Gasteiger partial charge in [0, 0.05) is 29.7 Å². The van der Waals surface area contributed by atoms with Gasteiger partial charge in [-0.05, 0) is 70.0 Å². The molecule has 1 aliphatic heterocycles. The Labute approximate surface area is 222 Å². The van der Waals surface area contributed by atoms with E-state index in [-0.39, 0.29) is 37.4 Å². The molecule has 0 spiro atoms. The van der Waals surface area contributed by atoms with Gasteiger partial charge in [-0.1, -0.05) is 18.2 Å². The molecule has 4 rings (SSSR count). The first-order valence-electron chi connectivity index (χ1n) is 12.2. The van der Waals surface area contributed by atoms with Crippen molar-refractivity contribution >= 4 is 36.7 Å². The van der Waals surface area contributed by atoms with Crippen molar-refractivity contribution in [2.24, 2.45) is 0 Å². The summed E-state index contributed by atoms with van der Waals surface area (Å²) in [5, 5.41) is 9.65. The van der Waals surface area contributed by atoms with Gasteiger partial charge < -0.3 is 4.74 Å². The summed E-state index contributed by atoms with van der Waals surface area (Å²) >= 11 is 0. The minimum Gasteiger partial charge on any atom is -0.489 e. The van der Waals surface area contributed by atoms with E-state index in [0.29, 0.717) is 5.75 Å². The van der Waals surface area contributed by atoms with Crippen LogP contribution in [-0.4, -0.2) is 60.3 Å². The molecule has 2 N–H and O–H groups in total. The third kappa shape index (κ3) is 5.00. The first-order valence-corrected chi connectivity index (χ1v) is 15.2. The molecule has 1 amide bonds. The highest BCUT2D eigenvalue weighted by Crippen LogP contribution is 2.37. The van der Waals surface area contributed by atoms with Crippen molar-refractivity contribution in [1.29, 1.82) is 0 Å². The van der Waals surface area contributed by atoms with Gasteiger partial charge in [-0.15, -0.1) is 0 Å². The molecule has 3 aromatic rings. The average molecular weight is 562 g/mol. The maximum Gasteiger partial charge on any atom is 0.265 e. The van der Waals surface area contributed by atoms with Gasteiger partial charge in [0.2, 0.25) is 10.0 Å². The molecule has 0 aliphatic carbocycles. The number of para-hydroxylation sites is 1. The van der Waals surface area contributed by atoms with Crippen LogP contribution in [0.2, 0.25) is 0 Å². The second kappa shape index (κ2) is 10.6. The van der Waals surface area contributed by atoms with Crippen molar-refractivity contribution in [2.75, 3.05) is 13.1 Å². The SMILES string of the molecule is Cc1cc(COc2ccc(S(=O)(=O)C3(C(=O)NO)CCN(S(=O)(=O)C(C)C)CC3)cc2)c2ccccc2n1. The Hall–Kier alpha value is -3.06. The monoisotopic (exact) mass is 561 g/mol. The molecule has 0 saturated carbocycles. The van der Waals surface area contributed by atoms with Crippen LogP contribution >= 0.6 is 0 Å². The van der Waals surface area contributed by atoms with Crippen LogP contribution in [-0.2, 0) is 31.3 Å². The van der Waals surface area contributed by atoms with Crippen molar-refractivity contribution in [3.63, 3.8) is 0 Å². The fourth-order valence-electron chi connectivity index (χ4n) is 4.74. The number of fused-ring (bicyclic) bond motifs is 1. The van der Waals surface area contributed by atoms with Crippen molar-refractivity contribution < 1.29 is 31.6 Å². The maximum absolute atomic E-state index is 13.7. The predicted molar refractivity (Wildman–Crippen MR) is 142 cm³/mol. The zero-order valence-corrected chi connectivity index (χ0v) is 23.0. The van der Waals surface area contributed by atoms with E-state index < -0.39 is 35.8 Å². The Balaban J connectivity index is 1.56. The van der Waals surface area contributed by atoms with Gasteiger partial charge in [0.05, 0.1) is 15.7 Å². The minimum atomic E-state index is -4.30. The number of hydrogen-bond acceptors (Lipinski definition) is 8. The number of carbonyl (C=O) groups excluding carboxylic acids is 1. The molecule has 1 aliphatic rings. The highest BCUT2D eigenvalue weighted by Gasteiger charge is 2.54. The number of rotatable bonds is 8. The van der Waals surface area contributed by atoms with Crippen LogP contribution in [0, 0.1) is 6.92 Å².